The molecule has 0 aliphatic rings. The molecule has 3 rings (SSSR count). The maximum absolute atomic E-state index is 13.1. The van der Waals surface area contributed by atoms with Crippen LogP contribution in [0.25, 0.3) is 0 Å². The van der Waals surface area contributed by atoms with E-state index >= 15 is 0 Å². The number of aromatic nitrogens is 2. The Morgan fingerprint density at radius 2 is 1.97 bits per heavy atom. The molecule has 0 bridgehead atoms. The third-order valence-electron chi connectivity index (χ3n) is 5.90. The Labute approximate surface area is 244 Å². The van der Waals surface area contributed by atoms with Crippen molar-refractivity contribution in [1.82, 2.24) is 25.1 Å². The largest absolute Gasteiger partial charge is 0.383 e. The summed E-state index contributed by atoms with van der Waals surface area (Å²) < 4.78 is 7.06. The van der Waals surface area contributed by atoms with Crippen LogP contribution in [0.3, 0.4) is 0 Å². The van der Waals surface area contributed by atoms with Crippen LogP contribution in [-0.2, 0) is 29.0 Å². The number of carbonyl (C=O) groups excluding carboxylic acids is 1. The molecular formula is C28H32Cl2N6O2S. The lowest BCUT2D eigenvalue weighted by Crippen LogP contribution is -2.54. The second-order valence-electron chi connectivity index (χ2n) is 9.72. The molecule has 1 amide bonds. The molecule has 2 aromatic carbocycles. The number of thiocarbonyl (C=S) groups is 1. The Kier molecular flexibility index (Phi) is 11.1. The monoisotopic (exact) mass is 586 g/mol. The minimum atomic E-state index is -0.632. The van der Waals surface area contributed by atoms with Crippen LogP contribution in [-0.4, -0.2) is 57.8 Å². The van der Waals surface area contributed by atoms with Gasteiger partial charge < -0.3 is 24.8 Å². The molecule has 1 heterocycles. The van der Waals surface area contributed by atoms with E-state index in [1.54, 1.807) is 37.8 Å². The molecule has 0 saturated heterocycles. The number of benzene rings is 2. The molecule has 0 aliphatic carbocycles. The van der Waals surface area contributed by atoms with Crippen molar-refractivity contribution in [2.75, 3.05) is 26.8 Å². The van der Waals surface area contributed by atoms with Crippen LogP contribution in [0.1, 0.15) is 36.2 Å². The zero-order valence-electron chi connectivity index (χ0n) is 22.2. The van der Waals surface area contributed by atoms with Gasteiger partial charge in [-0.1, -0.05) is 47.5 Å². The van der Waals surface area contributed by atoms with E-state index in [4.69, 9.17) is 45.4 Å². The van der Waals surface area contributed by atoms with E-state index in [0.29, 0.717) is 53.5 Å². The summed E-state index contributed by atoms with van der Waals surface area (Å²) in [5.74, 6) is -0.138. The fourth-order valence-electron chi connectivity index (χ4n) is 4.07. The minimum Gasteiger partial charge on any atom is -0.383 e. The van der Waals surface area contributed by atoms with Crippen molar-refractivity contribution in [1.29, 1.82) is 5.26 Å². The highest BCUT2D eigenvalue weighted by Gasteiger charge is 2.26. The Morgan fingerprint density at radius 1 is 1.23 bits per heavy atom. The van der Waals surface area contributed by atoms with Crippen molar-refractivity contribution in [3.63, 3.8) is 0 Å². The van der Waals surface area contributed by atoms with Crippen LogP contribution in [0, 0.1) is 11.3 Å². The number of ether oxygens (including phenoxy) is 1. The first-order valence-electron chi connectivity index (χ1n) is 12.4. The number of nitrogens with one attached hydrogen (secondary N) is 2. The first-order chi connectivity index (χ1) is 18.6. The van der Waals surface area contributed by atoms with Crippen molar-refractivity contribution >= 4 is 46.4 Å². The molecule has 3 aromatic rings. The number of hydrogen-bond acceptors (Lipinski definition) is 5. The average Bonchev–Trinajstić information content (AvgIpc) is 3.32. The highest BCUT2D eigenvalue weighted by molar-refractivity contribution is 7.80. The number of amides is 1. The summed E-state index contributed by atoms with van der Waals surface area (Å²) >= 11 is 18.4. The maximum Gasteiger partial charge on any atom is 0.226 e. The Bertz CT molecular complexity index is 1320. The fourth-order valence-corrected chi connectivity index (χ4v) is 4.68. The van der Waals surface area contributed by atoms with Crippen LogP contribution in [0.2, 0.25) is 10.0 Å². The van der Waals surface area contributed by atoms with Crippen LogP contribution >= 0.6 is 35.4 Å². The predicted molar refractivity (Wildman–Crippen MR) is 158 cm³/mol. The van der Waals surface area contributed by atoms with Gasteiger partial charge in [-0.2, -0.15) is 5.26 Å². The summed E-state index contributed by atoms with van der Waals surface area (Å²) in [5, 5.41) is 16.8. The second-order valence-corrected chi connectivity index (χ2v) is 10.9. The zero-order valence-corrected chi connectivity index (χ0v) is 24.5. The molecule has 8 nitrogen and oxygen atoms in total. The number of carbonyl (C=O) groups is 1. The summed E-state index contributed by atoms with van der Waals surface area (Å²) in [6, 6.07) is 15.0. The van der Waals surface area contributed by atoms with Crippen molar-refractivity contribution < 1.29 is 9.53 Å². The van der Waals surface area contributed by atoms with Crippen molar-refractivity contribution in [2.24, 2.45) is 0 Å². The van der Waals surface area contributed by atoms with Gasteiger partial charge in [0.2, 0.25) is 5.91 Å². The number of imidazole rings is 1. The summed E-state index contributed by atoms with van der Waals surface area (Å²) in [6.45, 7) is 6.33. The normalized spacial score (nSPS) is 11.1. The number of hydrogen-bond donors (Lipinski definition) is 2. The molecule has 0 fully saturated rings. The lowest BCUT2D eigenvalue weighted by molar-refractivity contribution is -0.122. The van der Waals surface area contributed by atoms with Gasteiger partial charge in [-0.25, -0.2) is 4.98 Å². The molecule has 0 unspecified atom stereocenters. The number of nitrogens with zero attached hydrogens (tertiary/aromatic N) is 4. The zero-order chi connectivity index (χ0) is 28.4. The van der Waals surface area contributed by atoms with E-state index in [2.05, 4.69) is 21.7 Å². The maximum atomic E-state index is 13.1. The summed E-state index contributed by atoms with van der Waals surface area (Å²) in [5.41, 5.74) is 2.60. The summed E-state index contributed by atoms with van der Waals surface area (Å²) in [6.07, 6.45) is 3.56. The average molecular weight is 588 g/mol. The molecule has 2 N–H and O–H groups in total. The molecule has 206 valence electrons. The van der Waals surface area contributed by atoms with Crippen LogP contribution < -0.4 is 10.6 Å². The van der Waals surface area contributed by atoms with E-state index in [1.165, 1.54) is 0 Å². The van der Waals surface area contributed by atoms with Gasteiger partial charge in [0.05, 0.1) is 46.6 Å². The lowest BCUT2D eigenvalue weighted by Gasteiger charge is -2.35. The molecular weight excluding hydrogens is 555 g/mol. The van der Waals surface area contributed by atoms with Crippen molar-refractivity contribution in [2.45, 2.75) is 38.9 Å². The van der Waals surface area contributed by atoms with Crippen molar-refractivity contribution in [3.8, 4) is 6.07 Å². The topological polar surface area (TPSA) is 95.2 Å². The standard InChI is InChI=1S/C28H32Cl2N6O2S/c1-28(2,18-35(27(39)33-11-12-38-3)17-22-5-4-6-24(29)26(22)30)34-25(37)13-23-15-32-19-36(23)16-21-9-7-20(14-31)8-10-21/h4-10,15,19H,11-13,16-18H2,1-3H3,(H,33,39)(H,34,37). The highest BCUT2D eigenvalue weighted by Crippen LogP contribution is 2.27. The third kappa shape index (κ3) is 9.22. The van der Waals surface area contributed by atoms with Gasteiger partial charge in [0.25, 0.3) is 0 Å². The molecule has 0 saturated carbocycles. The first-order valence-corrected chi connectivity index (χ1v) is 13.5. The molecule has 11 heteroatoms. The molecule has 1 aromatic heterocycles. The smallest absolute Gasteiger partial charge is 0.226 e. The SMILES string of the molecule is COCCNC(=S)N(Cc1cccc(Cl)c1Cl)CC(C)(C)NC(=O)Cc1cncn1Cc1ccc(C#N)cc1. The summed E-state index contributed by atoms with van der Waals surface area (Å²) in [4.78, 5) is 19.3. The van der Waals surface area contributed by atoms with Gasteiger partial charge in [0.1, 0.15) is 0 Å². The fraction of sp³-hybridized carbons (Fsp3) is 0.357. The number of methoxy groups -OCH3 is 1. The molecule has 0 aliphatic heterocycles. The van der Waals surface area contributed by atoms with E-state index in [-0.39, 0.29) is 12.3 Å². The second kappa shape index (κ2) is 14.3. The van der Waals surface area contributed by atoms with Crippen molar-refractivity contribution in [3.05, 3.63) is 87.4 Å². The number of rotatable bonds is 12. The Balaban J connectivity index is 1.67. The third-order valence-corrected chi connectivity index (χ3v) is 7.16. The quantitative estimate of drug-likeness (QED) is 0.237. The van der Waals surface area contributed by atoms with Gasteiger partial charge in [-0.3, -0.25) is 4.79 Å². The molecule has 0 radical (unpaired) electrons. The van der Waals surface area contributed by atoms with Gasteiger partial charge in [-0.15, -0.1) is 0 Å². The summed E-state index contributed by atoms with van der Waals surface area (Å²) in [7, 11) is 1.63. The van der Waals surface area contributed by atoms with E-state index in [1.807, 2.05) is 47.6 Å². The Hall–Kier alpha value is -3.16. The number of halogens is 2. The first kappa shape index (κ1) is 30.4. The predicted octanol–water partition coefficient (Wildman–Crippen LogP) is 4.57. The van der Waals surface area contributed by atoms with E-state index in [0.717, 1.165) is 16.8 Å². The minimum absolute atomic E-state index is 0.138. The van der Waals surface area contributed by atoms with Gasteiger partial charge >= 0.3 is 0 Å². The molecule has 39 heavy (non-hydrogen) atoms. The number of nitriles is 1. The van der Waals surface area contributed by atoms with Gasteiger partial charge in [0, 0.05) is 45.2 Å². The van der Waals surface area contributed by atoms with Crippen LogP contribution in [0.15, 0.2) is 55.0 Å². The van der Waals surface area contributed by atoms with E-state index < -0.39 is 5.54 Å². The molecule has 0 atom stereocenters. The lowest BCUT2D eigenvalue weighted by atomic mass is 10.0. The van der Waals surface area contributed by atoms with Gasteiger partial charge in [0.15, 0.2) is 5.11 Å². The van der Waals surface area contributed by atoms with E-state index in [9.17, 15) is 4.79 Å². The Morgan fingerprint density at radius 3 is 2.67 bits per heavy atom. The van der Waals surface area contributed by atoms with Crippen LogP contribution in [0.5, 0.6) is 0 Å². The molecule has 0 spiro atoms. The van der Waals surface area contributed by atoms with Crippen LogP contribution in [0.4, 0.5) is 0 Å². The highest BCUT2D eigenvalue weighted by atomic mass is 35.5. The van der Waals surface area contributed by atoms with Gasteiger partial charge in [-0.05, 0) is 55.4 Å².